The molecule has 6 rings (SSSR count). The minimum atomic E-state index is -0.0720. The molecule has 0 saturated heterocycles. The maximum Gasteiger partial charge on any atom is 0.348 e. The molecular formula is C68H80N4O2. The third-order valence-electron chi connectivity index (χ3n) is 14.0. The molecular weight excluding hydrogens is 905 g/mol. The molecule has 0 unspecified atom stereocenters. The van der Waals surface area contributed by atoms with Gasteiger partial charge in [-0.1, -0.05) is 202 Å². The van der Waals surface area contributed by atoms with Gasteiger partial charge in [0.1, 0.15) is 0 Å². The van der Waals surface area contributed by atoms with Crippen molar-refractivity contribution in [3.63, 3.8) is 0 Å². The summed E-state index contributed by atoms with van der Waals surface area (Å²) in [5, 5.41) is 9.40. The predicted molar refractivity (Wildman–Crippen MR) is 313 cm³/mol. The predicted octanol–water partition coefficient (Wildman–Crippen LogP) is 20.5. The van der Waals surface area contributed by atoms with Gasteiger partial charge in [-0.05, 0) is 151 Å². The van der Waals surface area contributed by atoms with Crippen LogP contribution >= 0.6 is 0 Å². The molecule has 0 aliphatic rings. The minimum Gasteiger partial charge on any atom is -0.454 e. The first-order valence-electron chi connectivity index (χ1n) is 27.9. The highest BCUT2D eigenvalue weighted by molar-refractivity contribution is 5.81. The Morgan fingerprint density at radius 1 is 0.459 bits per heavy atom. The number of ether oxygens (including phenoxy) is 1. The topological polar surface area (TPSA) is 60.9 Å². The van der Waals surface area contributed by atoms with Crippen LogP contribution in [0.3, 0.4) is 0 Å². The number of rotatable bonds is 33. The van der Waals surface area contributed by atoms with Gasteiger partial charge in [0.2, 0.25) is 0 Å². The van der Waals surface area contributed by atoms with Gasteiger partial charge in [-0.15, -0.1) is 0 Å². The molecule has 0 radical (unpaired) electrons. The summed E-state index contributed by atoms with van der Waals surface area (Å²) < 4.78 is 4.85. The number of anilines is 6. The summed E-state index contributed by atoms with van der Waals surface area (Å²) in [6, 6.07) is 54.2. The SMILES string of the molecule is [C-]#[N+]/C(=C/c1ccc(N(c2ccc(CCCCCCCCCCCC)cc2)c2ccc(-c3ccc(N(c4ccc(/C=C(/C)C#N)cc4)c4ccc(CCCCCCCCCCCC)cc4)cc3)cc2)cc1)OC=O. The minimum absolute atomic E-state index is 0.0720. The molecule has 6 heteroatoms. The van der Waals surface area contributed by atoms with Gasteiger partial charge in [0.25, 0.3) is 6.47 Å². The Hall–Kier alpha value is -7.15. The standard InChI is InChI=1S/C68H80N4O2/c1-5-7-9-11-13-15-17-19-21-23-25-56-27-39-62(40-28-56)71(64-43-31-58(32-44-64)51-55(3)53-69)66-47-35-60(36-48-66)61-37-49-67(50-38-61)72(65-45-33-59(34-46-65)52-68(70-4)74-54-73)63-41-29-57(30-42-63)26-24-22-20-18-16-14-12-10-8-6-2/h27-52,54H,5-26H2,1-3H3/b55-51-,68-52-. The molecule has 0 saturated carbocycles. The van der Waals surface area contributed by atoms with Crippen LogP contribution in [0.2, 0.25) is 0 Å². The normalized spacial score (nSPS) is 11.5. The fourth-order valence-corrected chi connectivity index (χ4v) is 9.76. The van der Waals surface area contributed by atoms with Crippen LogP contribution in [0.15, 0.2) is 157 Å². The van der Waals surface area contributed by atoms with Crippen LogP contribution in [0, 0.1) is 17.9 Å². The Morgan fingerprint density at radius 3 is 1.07 bits per heavy atom. The molecule has 0 atom stereocenters. The fourth-order valence-electron chi connectivity index (χ4n) is 9.76. The Morgan fingerprint density at radius 2 is 0.757 bits per heavy atom. The summed E-state index contributed by atoms with van der Waals surface area (Å²) in [7, 11) is 0. The maximum atomic E-state index is 11.0. The molecule has 0 aliphatic heterocycles. The molecule has 0 fully saturated rings. The number of carbonyl (C=O) groups is 1. The summed E-state index contributed by atoms with van der Waals surface area (Å²) in [4.78, 5) is 18.9. The van der Waals surface area contributed by atoms with Gasteiger partial charge in [0.15, 0.2) is 0 Å². The van der Waals surface area contributed by atoms with Crippen LogP contribution in [0.5, 0.6) is 0 Å². The van der Waals surface area contributed by atoms with E-state index in [9.17, 15) is 10.1 Å². The van der Waals surface area contributed by atoms with E-state index in [1.54, 1.807) is 6.08 Å². The van der Waals surface area contributed by atoms with Crippen molar-refractivity contribution in [3.8, 4) is 17.2 Å². The average Bonchev–Trinajstić information content (AvgIpc) is 3.44. The largest absolute Gasteiger partial charge is 0.454 e. The molecule has 0 aliphatic carbocycles. The summed E-state index contributed by atoms with van der Waals surface area (Å²) >= 11 is 0. The smallest absolute Gasteiger partial charge is 0.348 e. The molecule has 0 amide bonds. The van der Waals surface area contributed by atoms with E-state index in [-0.39, 0.29) is 12.4 Å². The van der Waals surface area contributed by atoms with E-state index in [2.05, 4.69) is 156 Å². The third kappa shape index (κ3) is 18.4. The van der Waals surface area contributed by atoms with Gasteiger partial charge in [-0.3, -0.25) is 4.79 Å². The molecule has 6 aromatic carbocycles. The van der Waals surface area contributed by atoms with E-state index in [1.807, 2.05) is 37.3 Å². The number of unbranched alkanes of at least 4 members (excludes halogenated alkanes) is 18. The lowest BCUT2D eigenvalue weighted by atomic mass is 10.0. The molecule has 384 valence electrons. The first kappa shape index (κ1) is 56.2. The van der Waals surface area contributed by atoms with Crippen LogP contribution < -0.4 is 9.80 Å². The van der Waals surface area contributed by atoms with Crippen molar-refractivity contribution in [2.45, 2.75) is 162 Å². The molecule has 6 nitrogen and oxygen atoms in total. The zero-order valence-electron chi connectivity index (χ0n) is 44.8. The number of hydrogen-bond donors (Lipinski definition) is 0. The average molecular weight is 985 g/mol. The number of carbonyl (C=O) groups excluding carboxylic acids is 1. The lowest BCUT2D eigenvalue weighted by Crippen LogP contribution is -2.10. The quantitative estimate of drug-likeness (QED) is 0.0135. The highest BCUT2D eigenvalue weighted by Crippen LogP contribution is 2.39. The Labute approximate surface area is 445 Å². The lowest BCUT2D eigenvalue weighted by Gasteiger charge is -2.26. The van der Waals surface area contributed by atoms with E-state index < -0.39 is 0 Å². The van der Waals surface area contributed by atoms with Crippen molar-refractivity contribution < 1.29 is 9.53 Å². The highest BCUT2D eigenvalue weighted by atomic mass is 16.5. The molecule has 0 heterocycles. The maximum absolute atomic E-state index is 11.0. The van der Waals surface area contributed by atoms with E-state index in [0.717, 1.165) is 69.2 Å². The second kappa shape index (κ2) is 32.1. The zero-order chi connectivity index (χ0) is 52.0. The van der Waals surface area contributed by atoms with Gasteiger partial charge in [0.05, 0.1) is 12.6 Å². The Balaban J connectivity index is 1.17. The monoisotopic (exact) mass is 985 g/mol. The third-order valence-corrected chi connectivity index (χ3v) is 14.0. The van der Waals surface area contributed by atoms with Gasteiger partial charge in [-0.25, -0.2) is 0 Å². The number of allylic oxidation sites excluding steroid dienone is 1. The van der Waals surface area contributed by atoms with Crippen LogP contribution in [-0.4, -0.2) is 6.47 Å². The second-order valence-corrected chi connectivity index (χ2v) is 19.9. The van der Waals surface area contributed by atoms with E-state index in [4.69, 9.17) is 11.3 Å². The summed E-state index contributed by atoms with van der Waals surface area (Å²) in [6.45, 7) is 14.1. The van der Waals surface area contributed by atoms with Crippen molar-refractivity contribution in [2.24, 2.45) is 0 Å². The van der Waals surface area contributed by atoms with Gasteiger partial charge >= 0.3 is 5.88 Å². The van der Waals surface area contributed by atoms with Crippen molar-refractivity contribution >= 4 is 52.7 Å². The van der Waals surface area contributed by atoms with Gasteiger partial charge in [-0.2, -0.15) is 10.1 Å². The van der Waals surface area contributed by atoms with Gasteiger partial charge < -0.3 is 14.5 Å². The molecule has 0 bridgehead atoms. The van der Waals surface area contributed by atoms with Crippen LogP contribution in [0.25, 0.3) is 28.1 Å². The first-order valence-corrected chi connectivity index (χ1v) is 27.9. The Bertz CT molecular complexity index is 2690. The first-order chi connectivity index (χ1) is 36.4. The van der Waals surface area contributed by atoms with Crippen molar-refractivity contribution in [3.05, 3.63) is 191 Å². The molecule has 0 N–H and O–H groups in total. The van der Waals surface area contributed by atoms with Crippen LogP contribution in [0.4, 0.5) is 34.1 Å². The van der Waals surface area contributed by atoms with Crippen LogP contribution in [0.1, 0.15) is 171 Å². The highest BCUT2D eigenvalue weighted by Gasteiger charge is 2.16. The number of aryl methyl sites for hydroxylation is 2. The van der Waals surface area contributed by atoms with Crippen molar-refractivity contribution in [1.82, 2.24) is 0 Å². The Kier molecular flexibility index (Phi) is 24.4. The fraction of sp³-hybridized carbons (Fsp3) is 0.368. The molecule has 6 aromatic rings. The van der Waals surface area contributed by atoms with E-state index in [0.29, 0.717) is 5.57 Å². The number of nitriles is 1. The second-order valence-electron chi connectivity index (χ2n) is 19.9. The molecule has 0 spiro atoms. The zero-order valence-corrected chi connectivity index (χ0v) is 44.8. The van der Waals surface area contributed by atoms with Gasteiger partial charge in [0, 0.05) is 39.7 Å². The van der Waals surface area contributed by atoms with Crippen molar-refractivity contribution in [2.75, 3.05) is 9.80 Å². The van der Waals surface area contributed by atoms with Crippen molar-refractivity contribution in [1.29, 1.82) is 5.26 Å². The van der Waals surface area contributed by atoms with E-state index >= 15 is 0 Å². The summed E-state index contributed by atoms with van der Waals surface area (Å²) in [6.07, 6.45) is 32.4. The molecule has 74 heavy (non-hydrogen) atoms. The lowest BCUT2D eigenvalue weighted by molar-refractivity contribution is -0.124. The summed E-state index contributed by atoms with van der Waals surface area (Å²) in [5.41, 5.74) is 13.7. The van der Waals surface area contributed by atoms with Crippen LogP contribution in [-0.2, 0) is 22.4 Å². The number of benzene rings is 6. The number of nitrogens with zero attached hydrogens (tertiary/aromatic N) is 4. The summed E-state index contributed by atoms with van der Waals surface area (Å²) in [5.74, 6) is -0.0720. The molecule has 0 aromatic heterocycles. The number of hydrogen-bond acceptors (Lipinski definition) is 5. The van der Waals surface area contributed by atoms with E-state index in [1.165, 1.54) is 140 Å².